The van der Waals surface area contributed by atoms with Gasteiger partial charge in [0.15, 0.2) is 0 Å². The molecule has 0 saturated heterocycles. The van der Waals surface area contributed by atoms with Crippen molar-refractivity contribution in [1.29, 1.82) is 0 Å². The molecule has 6 heteroatoms. The second-order valence-electron chi connectivity index (χ2n) is 4.92. The molecule has 0 amide bonds. The number of nitrogens with one attached hydrogen (secondary N) is 1. The first kappa shape index (κ1) is 14.8. The Labute approximate surface area is 119 Å². The highest BCUT2D eigenvalue weighted by molar-refractivity contribution is 9.10. The fourth-order valence-electron chi connectivity index (χ4n) is 2.54. The first-order valence-electron chi connectivity index (χ1n) is 6.17. The van der Waals surface area contributed by atoms with E-state index in [0.717, 1.165) is 19.3 Å². The minimum atomic E-state index is -0.617. The lowest BCUT2D eigenvalue weighted by molar-refractivity contribution is -0.0841. The second kappa shape index (κ2) is 5.83. The van der Waals surface area contributed by atoms with Crippen molar-refractivity contribution in [2.75, 3.05) is 7.11 Å². The molecule has 1 aliphatic rings. The number of halogens is 3. The van der Waals surface area contributed by atoms with Gasteiger partial charge in [0.1, 0.15) is 11.6 Å². The summed E-state index contributed by atoms with van der Waals surface area (Å²) in [7, 11) is 1.63. The third-order valence-corrected chi connectivity index (χ3v) is 4.52. The van der Waals surface area contributed by atoms with Gasteiger partial charge < -0.3 is 4.74 Å². The van der Waals surface area contributed by atoms with Gasteiger partial charge in [0.25, 0.3) is 0 Å². The van der Waals surface area contributed by atoms with Gasteiger partial charge in [-0.1, -0.05) is 0 Å². The molecular formula is C13H17BrF2N2O. The molecule has 0 radical (unpaired) electrons. The van der Waals surface area contributed by atoms with E-state index in [0.29, 0.717) is 6.42 Å². The summed E-state index contributed by atoms with van der Waals surface area (Å²) in [4.78, 5) is 0. The van der Waals surface area contributed by atoms with Crippen LogP contribution in [0.15, 0.2) is 16.6 Å². The summed E-state index contributed by atoms with van der Waals surface area (Å²) >= 11 is 3.06. The van der Waals surface area contributed by atoms with E-state index < -0.39 is 17.7 Å². The Hall–Kier alpha value is -0.560. The Bertz CT molecular complexity index is 461. The molecule has 19 heavy (non-hydrogen) atoms. The summed E-state index contributed by atoms with van der Waals surface area (Å²) in [6.07, 6.45) is 3.29. The van der Waals surface area contributed by atoms with Gasteiger partial charge in [-0.15, -0.1) is 0 Å². The minimum Gasteiger partial charge on any atom is -0.378 e. The van der Waals surface area contributed by atoms with Gasteiger partial charge in [-0.25, -0.2) is 8.78 Å². The zero-order valence-electron chi connectivity index (χ0n) is 10.7. The average Bonchev–Trinajstić information content (AvgIpc) is 2.36. The van der Waals surface area contributed by atoms with Crippen molar-refractivity contribution in [2.24, 2.45) is 5.84 Å². The molecule has 1 fully saturated rings. The Kier molecular flexibility index (Phi) is 4.55. The van der Waals surface area contributed by atoms with Crippen LogP contribution in [0, 0.1) is 11.6 Å². The van der Waals surface area contributed by atoms with E-state index in [1.54, 1.807) is 7.11 Å². The third kappa shape index (κ3) is 2.81. The summed E-state index contributed by atoms with van der Waals surface area (Å²) in [5.41, 5.74) is 2.14. The van der Waals surface area contributed by atoms with Crippen LogP contribution in [-0.2, 0) is 4.74 Å². The minimum absolute atomic E-state index is 0.0415. The highest BCUT2D eigenvalue weighted by atomic mass is 79.9. The van der Waals surface area contributed by atoms with E-state index >= 15 is 0 Å². The van der Waals surface area contributed by atoms with Crippen LogP contribution in [0.3, 0.4) is 0 Å². The van der Waals surface area contributed by atoms with Crippen LogP contribution in [0.1, 0.15) is 37.3 Å². The summed E-state index contributed by atoms with van der Waals surface area (Å²) in [5, 5.41) is 0. The predicted octanol–water partition coefficient (Wildman–Crippen LogP) is 3.19. The first-order chi connectivity index (χ1) is 9.03. The molecule has 1 unspecified atom stereocenters. The van der Waals surface area contributed by atoms with Crippen molar-refractivity contribution >= 4 is 15.9 Å². The third-order valence-electron chi connectivity index (χ3n) is 3.90. The monoisotopic (exact) mass is 334 g/mol. The van der Waals surface area contributed by atoms with E-state index in [-0.39, 0.29) is 15.6 Å². The molecule has 0 spiro atoms. The Morgan fingerprint density at radius 2 is 2.16 bits per heavy atom. The van der Waals surface area contributed by atoms with Crippen molar-refractivity contribution in [1.82, 2.24) is 5.43 Å². The molecule has 0 aromatic heterocycles. The van der Waals surface area contributed by atoms with Crippen LogP contribution >= 0.6 is 15.9 Å². The molecule has 1 saturated carbocycles. The van der Waals surface area contributed by atoms with Gasteiger partial charge in [0.05, 0.1) is 16.1 Å². The lowest BCUT2D eigenvalue weighted by atomic mass is 9.74. The standard InChI is InChI=1S/C13H17BrF2N2O/c1-19-13(5-2-6-13)7-10(18-17)11-9(15)4-3-8(14)12(11)16/h3-4,10,18H,2,5-7,17H2,1H3. The van der Waals surface area contributed by atoms with Crippen LogP contribution in [0.25, 0.3) is 0 Å². The van der Waals surface area contributed by atoms with Gasteiger partial charge in [-0.05, 0) is 53.7 Å². The molecule has 0 heterocycles. The van der Waals surface area contributed by atoms with Gasteiger partial charge in [-0.2, -0.15) is 0 Å². The summed E-state index contributed by atoms with van der Waals surface area (Å²) < 4.78 is 33.7. The maximum atomic E-state index is 14.1. The molecule has 0 bridgehead atoms. The number of benzene rings is 1. The number of hydrogen-bond donors (Lipinski definition) is 2. The highest BCUT2D eigenvalue weighted by Crippen LogP contribution is 2.42. The van der Waals surface area contributed by atoms with Crippen LogP contribution in [0.5, 0.6) is 0 Å². The molecule has 1 aliphatic carbocycles. The fraction of sp³-hybridized carbons (Fsp3) is 0.538. The topological polar surface area (TPSA) is 47.3 Å². The van der Waals surface area contributed by atoms with Gasteiger partial charge in [0, 0.05) is 12.7 Å². The molecule has 1 atom stereocenters. The number of nitrogens with two attached hydrogens (primary N) is 1. The van der Waals surface area contributed by atoms with Crippen molar-refractivity contribution in [3.63, 3.8) is 0 Å². The lowest BCUT2D eigenvalue weighted by Crippen LogP contribution is -2.44. The van der Waals surface area contributed by atoms with Crippen molar-refractivity contribution in [3.05, 3.63) is 33.8 Å². The van der Waals surface area contributed by atoms with Crippen molar-refractivity contribution < 1.29 is 13.5 Å². The van der Waals surface area contributed by atoms with Crippen LogP contribution in [0.2, 0.25) is 0 Å². The normalized spacial score (nSPS) is 19.0. The van der Waals surface area contributed by atoms with E-state index in [2.05, 4.69) is 21.4 Å². The smallest absolute Gasteiger partial charge is 0.145 e. The van der Waals surface area contributed by atoms with Gasteiger partial charge in [-0.3, -0.25) is 11.3 Å². The molecular weight excluding hydrogens is 318 g/mol. The predicted molar refractivity (Wildman–Crippen MR) is 72.3 cm³/mol. The second-order valence-corrected chi connectivity index (χ2v) is 5.78. The highest BCUT2D eigenvalue weighted by Gasteiger charge is 2.40. The molecule has 106 valence electrons. The SMILES string of the molecule is COC1(CC(NN)c2c(F)ccc(Br)c2F)CCC1. The molecule has 3 nitrogen and oxygen atoms in total. The molecule has 2 rings (SSSR count). The quantitative estimate of drug-likeness (QED) is 0.494. The summed E-state index contributed by atoms with van der Waals surface area (Å²) in [6, 6.07) is 1.96. The molecule has 1 aromatic rings. The number of rotatable bonds is 5. The fourth-order valence-corrected chi connectivity index (χ4v) is 2.89. The number of hydrogen-bond acceptors (Lipinski definition) is 3. The lowest BCUT2D eigenvalue weighted by Gasteiger charge is -2.42. The van der Waals surface area contributed by atoms with E-state index in [1.807, 2.05) is 0 Å². The molecule has 1 aromatic carbocycles. The zero-order chi connectivity index (χ0) is 14.0. The maximum absolute atomic E-state index is 14.1. The Morgan fingerprint density at radius 1 is 1.47 bits per heavy atom. The maximum Gasteiger partial charge on any atom is 0.145 e. The summed E-state index contributed by atoms with van der Waals surface area (Å²) in [6.45, 7) is 0. The van der Waals surface area contributed by atoms with Gasteiger partial charge in [0.2, 0.25) is 0 Å². The van der Waals surface area contributed by atoms with Gasteiger partial charge >= 0.3 is 0 Å². The van der Waals surface area contributed by atoms with Crippen LogP contribution < -0.4 is 11.3 Å². The van der Waals surface area contributed by atoms with Crippen molar-refractivity contribution in [2.45, 2.75) is 37.3 Å². The molecule has 0 aliphatic heterocycles. The average molecular weight is 335 g/mol. The number of hydrazine groups is 1. The summed E-state index contributed by atoms with van der Waals surface area (Å²) in [5.74, 6) is 4.26. The van der Waals surface area contributed by atoms with E-state index in [1.165, 1.54) is 12.1 Å². The molecule has 3 N–H and O–H groups in total. The zero-order valence-corrected chi connectivity index (χ0v) is 12.3. The number of ether oxygens (including phenoxy) is 1. The largest absolute Gasteiger partial charge is 0.378 e. The van der Waals surface area contributed by atoms with Crippen molar-refractivity contribution in [3.8, 4) is 0 Å². The van der Waals surface area contributed by atoms with Crippen LogP contribution in [-0.4, -0.2) is 12.7 Å². The van der Waals surface area contributed by atoms with E-state index in [9.17, 15) is 8.78 Å². The van der Waals surface area contributed by atoms with Crippen LogP contribution in [0.4, 0.5) is 8.78 Å². The first-order valence-corrected chi connectivity index (χ1v) is 6.97. The van der Waals surface area contributed by atoms with E-state index in [4.69, 9.17) is 10.6 Å². The Morgan fingerprint density at radius 3 is 2.63 bits per heavy atom. The Balaban J connectivity index is 2.29. The number of methoxy groups -OCH3 is 1.